The quantitative estimate of drug-likeness (QED) is 0.878. The monoisotopic (exact) mass is 383 g/mol. The average molecular weight is 383 g/mol. The van der Waals surface area contributed by atoms with Crippen LogP contribution < -0.4 is 0 Å². The van der Waals surface area contributed by atoms with Crippen molar-refractivity contribution < 1.29 is 9.32 Å². The van der Waals surface area contributed by atoms with Gasteiger partial charge in [-0.05, 0) is 31.6 Å². The number of H-pyrrole nitrogens is 1. The Morgan fingerprint density at radius 1 is 1.32 bits per heavy atom. The maximum Gasteiger partial charge on any atom is 0.226 e. The van der Waals surface area contributed by atoms with Crippen LogP contribution in [-0.2, 0) is 23.3 Å². The minimum Gasteiger partial charge on any atom is -0.360 e. The number of imidazole rings is 1. The lowest BCUT2D eigenvalue weighted by Gasteiger charge is -2.50. The van der Waals surface area contributed by atoms with Gasteiger partial charge < -0.3 is 14.4 Å². The molecular formula is C21H29N5O2. The van der Waals surface area contributed by atoms with E-state index in [2.05, 4.69) is 44.8 Å². The lowest BCUT2D eigenvalue weighted by Crippen LogP contribution is -2.58. The Labute approximate surface area is 165 Å². The predicted molar refractivity (Wildman–Crippen MR) is 104 cm³/mol. The lowest BCUT2D eigenvalue weighted by atomic mass is 9.78. The predicted octanol–water partition coefficient (Wildman–Crippen LogP) is 2.81. The van der Waals surface area contributed by atoms with Crippen LogP contribution in [0.3, 0.4) is 0 Å². The molecule has 0 atom stereocenters. The van der Waals surface area contributed by atoms with E-state index in [4.69, 9.17) is 4.52 Å². The Hall–Kier alpha value is -2.15. The largest absolute Gasteiger partial charge is 0.360 e. The molecule has 1 saturated carbocycles. The molecule has 2 fully saturated rings. The summed E-state index contributed by atoms with van der Waals surface area (Å²) in [6.45, 7) is 7.70. The zero-order valence-corrected chi connectivity index (χ0v) is 16.8. The van der Waals surface area contributed by atoms with E-state index in [1.807, 2.05) is 0 Å². The molecule has 1 spiro atoms. The summed E-state index contributed by atoms with van der Waals surface area (Å²) in [6, 6.07) is 2.07. The smallest absolute Gasteiger partial charge is 0.226 e. The fourth-order valence-corrected chi connectivity index (χ4v) is 4.83. The highest BCUT2D eigenvalue weighted by molar-refractivity contribution is 5.82. The Kier molecular flexibility index (Phi) is 4.30. The Morgan fingerprint density at radius 2 is 2.11 bits per heavy atom. The highest BCUT2D eigenvalue weighted by Crippen LogP contribution is 2.45. The van der Waals surface area contributed by atoms with Gasteiger partial charge >= 0.3 is 0 Å². The van der Waals surface area contributed by atoms with Gasteiger partial charge in [-0.25, -0.2) is 4.98 Å². The molecule has 2 aromatic heterocycles. The summed E-state index contributed by atoms with van der Waals surface area (Å²) in [4.78, 5) is 25.6. The van der Waals surface area contributed by atoms with Crippen LogP contribution in [0.25, 0.3) is 0 Å². The molecule has 0 radical (unpaired) electrons. The van der Waals surface area contributed by atoms with E-state index in [0.717, 1.165) is 75.4 Å². The normalized spacial score (nSPS) is 22.0. The summed E-state index contributed by atoms with van der Waals surface area (Å²) in [7, 11) is 0. The van der Waals surface area contributed by atoms with Crippen molar-refractivity contribution in [1.29, 1.82) is 0 Å². The first kappa shape index (κ1) is 17.9. The minimum atomic E-state index is -0.242. The maximum atomic E-state index is 13.1. The molecule has 3 aliphatic rings. The van der Waals surface area contributed by atoms with Gasteiger partial charge in [0, 0.05) is 43.7 Å². The Bertz CT molecular complexity index is 858. The molecule has 1 aliphatic carbocycles. The fraction of sp³-hybridized carbons (Fsp3) is 0.667. The van der Waals surface area contributed by atoms with Crippen molar-refractivity contribution in [2.75, 3.05) is 19.6 Å². The van der Waals surface area contributed by atoms with Crippen LogP contribution in [0.5, 0.6) is 0 Å². The van der Waals surface area contributed by atoms with Gasteiger partial charge in [-0.2, -0.15) is 0 Å². The van der Waals surface area contributed by atoms with Crippen molar-refractivity contribution in [3.63, 3.8) is 0 Å². The third-order valence-electron chi connectivity index (χ3n) is 6.69. The number of likely N-dealkylation sites (tertiary alicyclic amines) is 1. The second-order valence-electron chi connectivity index (χ2n) is 8.92. The van der Waals surface area contributed by atoms with Crippen LogP contribution in [-0.4, -0.2) is 50.5 Å². The van der Waals surface area contributed by atoms with Gasteiger partial charge in [0.25, 0.3) is 0 Å². The molecule has 4 heterocycles. The van der Waals surface area contributed by atoms with Crippen LogP contribution in [0.15, 0.2) is 16.9 Å². The van der Waals surface area contributed by atoms with Crippen LogP contribution in [0.2, 0.25) is 0 Å². The van der Waals surface area contributed by atoms with E-state index in [1.54, 1.807) is 6.33 Å². The molecule has 5 rings (SSSR count). The van der Waals surface area contributed by atoms with E-state index < -0.39 is 0 Å². The first-order valence-electron chi connectivity index (χ1n) is 10.6. The van der Waals surface area contributed by atoms with Gasteiger partial charge in [0.05, 0.1) is 29.8 Å². The number of fused-ring (bicyclic) bond motifs is 2. The SMILES string of the molecule is CC(C)c1cc(CN2CCC3(CC2)c2nc[nH]c2CCN3C(=O)C2CC2)on1. The maximum absolute atomic E-state index is 13.1. The van der Waals surface area contributed by atoms with Crippen molar-refractivity contribution in [3.8, 4) is 0 Å². The Balaban J connectivity index is 1.34. The Morgan fingerprint density at radius 3 is 2.79 bits per heavy atom. The molecule has 0 unspecified atom stereocenters. The molecule has 7 heteroatoms. The van der Waals surface area contributed by atoms with Gasteiger partial charge in [0.1, 0.15) is 0 Å². The van der Waals surface area contributed by atoms with Crippen molar-refractivity contribution in [2.45, 2.75) is 64.0 Å². The molecule has 2 aromatic rings. The number of carbonyl (C=O) groups excluding carboxylic acids is 1. The van der Waals surface area contributed by atoms with Crippen LogP contribution in [0.1, 0.15) is 68.3 Å². The standard InChI is InChI=1S/C21H29N5O2/c1-14(2)18-11-16(28-24-18)12-25-9-6-21(7-10-25)19-17(22-13-23-19)5-8-26(21)20(27)15-3-4-15/h11,13-15H,3-10,12H2,1-2H3,(H,22,23). The topological polar surface area (TPSA) is 78.3 Å². The number of aromatic nitrogens is 3. The number of hydrogen-bond acceptors (Lipinski definition) is 5. The minimum absolute atomic E-state index is 0.242. The molecule has 1 saturated heterocycles. The van der Waals surface area contributed by atoms with E-state index in [9.17, 15) is 4.79 Å². The van der Waals surface area contributed by atoms with E-state index in [-0.39, 0.29) is 11.5 Å². The molecule has 0 aromatic carbocycles. The second kappa shape index (κ2) is 6.72. The molecule has 1 amide bonds. The molecule has 150 valence electrons. The van der Waals surface area contributed by atoms with Gasteiger partial charge in [0.15, 0.2) is 5.76 Å². The van der Waals surface area contributed by atoms with Crippen LogP contribution in [0.4, 0.5) is 0 Å². The average Bonchev–Trinajstić information content (AvgIpc) is 3.23. The van der Waals surface area contributed by atoms with Gasteiger partial charge in [-0.1, -0.05) is 19.0 Å². The molecular weight excluding hydrogens is 354 g/mol. The molecule has 1 N–H and O–H groups in total. The van der Waals surface area contributed by atoms with E-state index in [0.29, 0.717) is 11.8 Å². The van der Waals surface area contributed by atoms with Crippen LogP contribution in [0, 0.1) is 5.92 Å². The summed E-state index contributed by atoms with van der Waals surface area (Å²) in [6.07, 6.45) is 6.63. The third kappa shape index (κ3) is 2.96. The first-order chi connectivity index (χ1) is 13.6. The highest BCUT2D eigenvalue weighted by atomic mass is 16.5. The van der Waals surface area contributed by atoms with Gasteiger partial charge in [-0.15, -0.1) is 0 Å². The van der Waals surface area contributed by atoms with Crippen molar-refractivity contribution >= 4 is 5.91 Å². The lowest BCUT2D eigenvalue weighted by molar-refractivity contribution is -0.143. The summed E-state index contributed by atoms with van der Waals surface area (Å²) in [5.74, 6) is 1.90. The molecule has 0 bridgehead atoms. The number of nitrogens with zero attached hydrogens (tertiary/aromatic N) is 4. The zero-order valence-electron chi connectivity index (χ0n) is 16.8. The molecule has 7 nitrogen and oxygen atoms in total. The molecule has 28 heavy (non-hydrogen) atoms. The second-order valence-corrected chi connectivity index (χ2v) is 8.92. The van der Waals surface area contributed by atoms with Crippen molar-refractivity contribution in [2.24, 2.45) is 5.92 Å². The number of rotatable bonds is 4. The number of hydrogen-bond donors (Lipinski definition) is 1. The summed E-state index contributed by atoms with van der Waals surface area (Å²) < 4.78 is 5.54. The van der Waals surface area contributed by atoms with Gasteiger partial charge in [-0.3, -0.25) is 9.69 Å². The van der Waals surface area contributed by atoms with E-state index in [1.165, 1.54) is 5.69 Å². The first-order valence-corrected chi connectivity index (χ1v) is 10.6. The summed E-state index contributed by atoms with van der Waals surface area (Å²) in [5, 5.41) is 4.18. The van der Waals surface area contributed by atoms with Crippen LogP contribution >= 0.6 is 0 Å². The summed E-state index contributed by atoms with van der Waals surface area (Å²) in [5.41, 5.74) is 3.09. The molecule has 2 aliphatic heterocycles. The highest BCUT2D eigenvalue weighted by Gasteiger charge is 2.50. The third-order valence-corrected chi connectivity index (χ3v) is 6.69. The number of aromatic amines is 1. The number of nitrogens with one attached hydrogen (secondary N) is 1. The number of carbonyl (C=O) groups is 1. The van der Waals surface area contributed by atoms with Crippen molar-refractivity contribution in [1.82, 2.24) is 24.9 Å². The number of piperidine rings is 1. The van der Waals surface area contributed by atoms with E-state index >= 15 is 0 Å². The number of amides is 1. The zero-order chi connectivity index (χ0) is 19.3. The van der Waals surface area contributed by atoms with Crippen molar-refractivity contribution in [3.05, 3.63) is 35.2 Å². The van der Waals surface area contributed by atoms with Gasteiger partial charge in [0.2, 0.25) is 5.91 Å². The fourth-order valence-electron chi connectivity index (χ4n) is 4.83. The summed E-state index contributed by atoms with van der Waals surface area (Å²) >= 11 is 0.